The van der Waals surface area contributed by atoms with Gasteiger partial charge in [0.05, 0.1) is 0 Å². The van der Waals surface area contributed by atoms with Gasteiger partial charge in [0.25, 0.3) is 0 Å². The number of aromatic nitrogens is 3. The van der Waals surface area contributed by atoms with Gasteiger partial charge < -0.3 is 5.32 Å². The number of nitrogens with one attached hydrogen (secondary N) is 1. The van der Waals surface area contributed by atoms with Crippen LogP contribution in [-0.4, -0.2) is 26.8 Å². The maximum atomic E-state index is 4.53. The first-order chi connectivity index (χ1) is 9.21. The summed E-state index contributed by atoms with van der Waals surface area (Å²) in [6.45, 7) is 5.54. The largest absolute Gasteiger partial charge is 0.311 e. The van der Waals surface area contributed by atoms with Crippen molar-refractivity contribution in [3.8, 4) is 0 Å². The molecule has 4 nitrogen and oxygen atoms in total. The molecule has 4 heteroatoms. The third-order valence-electron chi connectivity index (χ3n) is 4.75. The molecule has 2 aliphatic rings. The van der Waals surface area contributed by atoms with E-state index in [-0.39, 0.29) is 0 Å². The summed E-state index contributed by atoms with van der Waals surface area (Å²) < 4.78 is 2.09. The standard InChI is InChI=1S/C15H26N4/c1-12(2)19-14(16-11-18-19)10-15(13-6-7-13)8-4-3-5-9-17-15/h11-13,17H,3-10H2,1-2H3. The van der Waals surface area contributed by atoms with Gasteiger partial charge in [-0.05, 0) is 52.0 Å². The molecule has 1 saturated heterocycles. The van der Waals surface area contributed by atoms with Crippen LogP contribution in [0.15, 0.2) is 6.33 Å². The van der Waals surface area contributed by atoms with E-state index in [2.05, 4.69) is 33.9 Å². The first-order valence-electron chi connectivity index (χ1n) is 7.85. The van der Waals surface area contributed by atoms with E-state index in [9.17, 15) is 0 Å². The molecule has 19 heavy (non-hydrogen) atoms. The fourth-order valence-corrected chi connectivity index (χ4v) is 3.56. The highest BCUT2D eigenvalue weighted by Gasteiger charge is 2.45. The monoisotopic (exact) mass is 262 g/mol. The molecule has 0 radical (unpaired) electrons. The molecule has 0 amide bonds. The quantitative estimate of drug-likeness (QED) is 0.907. The molecule has 0 bridgehead atoms. The molecule has 0 spiro atoms. The minimum absolute atomic E-state index is 0.302. The smallest absolute Gasteiger partial charge is 0.138 e. The zero-order chi connectivity index (χ0) is 13.3. The van der Waals surface area contributed by atoms with E-state index in [1.807, 2.05) is 0 Å². The Balaban J connectivity index is 1.82. The van der Waals surface area contributed by atoms with Gasteiger partial charge in [-0.1, -0.05) is 12.8 Å². The lowest BCUT2D eigenvalue weighted by atomic mass is 9.84. The Bertz CT molecular complexity index is 412. The highest BCUT2D eigenvalue weighted by atomic mass is 15.3. The summed E-state index contributed by atoms with van der Waals surface area (Å²) in [5, 5.41) is 8.27. The van der Waals surface area contributed by atoms with Crippen LogP contribution in [0.3, 0.4) is 0 Å². The van der Waals surface area contributed by atoms with E-state index in [1.165, 1.54) is 45.1 Å². The molecule has 0 aromatic carbocycles. The maximum Gasteiger partial charge on any atom is 0.138 e. The van der Waals surface area contributed by atoms with Gasteiger partial charge in [0.15, 0.2) is 0 Å². The lowest BCUT2D eigenvalue weighted by Gasteiger charge is -2.34. The van der Waals surface area contributed by atoms with Crippen LogP contribution < -0.4 is 5.32 Å². The third-order valence-corrected chi connectivity index (χ3v) is 4.75. The highest BCUT2D eigenvalue weighted by Crippen LogP contribution is 2.45. The second kappa shape index (κ2) is 5.23. The van der Waals surface area contributed by atoms with Crippen molar-refractivity contribution in [1.29, 1.82) is 0 Å². The zero-order valence-electron chi connectivity index (χ0n) is 12.2. The Morgan fingerprint density at radius 1 is 1.37 bits per heavy atom. The van der Waals surface area contributed by atoms with Crippen LogP contribution >= 0.6 is 0 Å². The van der Waals surface area contributed by atoms with Crippen LogP contribution in [-0.2, 0) is 6.42 Å². The van der Waals surface area contributed by atoms with Crippen molar-refractivity contribution >= 4 is 0 Å². The highest BCUT2D eigenvalue weighted by molar-refractivity contribution is 5.08. The molecule has 1 aromatic heterocycles. The summed E-state index contributed by atoms with van der Waals surface area (Å²) in [6, 6.07) is 0.402. The topological polar surface area (TPSA) is 42.7 Å². The van der Waals surface area contributed by atoms with E-state index < -0.39 is 0 Å². The van der Waals surface area contributed by atoms with Crippen molar-refractivity contribution < 1.29 is 0 Å². The Labute approximate surface area is 116 Å². The molecule has 2 fully saturated rings. The van der Waals surface area contributed by atoms with E-state index in [4.69, 9.17) is 0 Å². The number of rotatable bonds is 4. The fraction of sp³-hybridized carbons (Fsp3) is 0.867. The molecule has 106 valence electrons. The molecular weight excluding hydrogens is 236 g/mol. The fourth-order valence-electron chi connectivity index (χ4n) is 3.56. The predicted molar refractivity (Wildman–Crippen MR) is 76.0 cm³/mol. The molecular formula is C15H26N4. The van der Waals surface area contributed by atoms with Crippen LogP contribution in [0.5, 0.6) is 0 Å². The van der Waals surface area contributed by atoms with Gasteiger partial charge in [-0.25, -0.2) is 9.67 Å². The number of nitrogens with zero attached hydrogens (tertiary/aromatic N) is 3. The third kappa shape index (κ3) is 2.69. The minimum atomic E-state index is 0.302. The zero-order valence-corrected chi connectivity index (χ0v) is 12.2. The van der Waals surface area contributed by atoms with Gasteiger partial charge in [-0.3, -0.25) is 0 Å². The molecule has 1 aliphatic heterocycles. The van der Waals surface area contributed by atoms with Gasteiger partial charge in [0.2, 0.25) is 0 Å². The average molecular weight is 262 g/mol. The Kier molecular flexibility index (Phi) is 3.61. The maximum absolute atomic E-state index is 4.53. The second-order valence-corrected chi connectivity index (χ2v) is 6.56. The van der Waals surface area contributed by atoms with Crippen LogP contribution in [0.1, 0.15) is 64.2 Å². The molecule has 1 atom stereocenters. The lowest BCUT2D eigenvalue weighted by molar-refractivity contribution is 0.260. The van der Waals surface area contributed by atoms with Gasteiger partial charge in [-0.2, -0.15) is 5.10 Å². The SMILES string of the molecule is CC(C)n1ncnc1CC1(C2CC2)CCCCCN1. The Morgan fingerprint density at radius 3 is 2.95 bits per heavy atom. The minimum Gasteiger partial charge on any atom is -0.311 e. The van der Waals surface area contributed by atoms with Gasteiger partial charge in [0, 0.05) is 18.0 Å². The molecule has 1 aliphatic carbocycles. The summed E-state index contributed by atoms with van der Waals surface area (Å²) in [5.41, 5.74) is 0.302. The van der Waals surface area contributed by atoms with Crippen molar-refractivity contribution in [1.82, 2.24) is 20.1 Å². The predicted octanol–water partition coefficient (Wildman–Crippen LogP) is 2.71. The molecule has 1 aromatic rings. The van der Waals surface area contributed by atoms with Crippen LogP contribution in [0, 0.1) is 5.92 Å². The van der Waals surface area contributed by atoms with Crippen molar-refractivity contribution in [2.24, 2.45) is 5.92 Å². The lowest BCUT2D eigenvalue weighted by Crippen LogP contribution is -2.49. The summed E-state index contributed by atoms with van der Waals surface area (Å²) in [4.78, 5) is 4.53. The van der Waals surface area contributed by atoms with Gasteiger partial charge in [-0.15, -0.1) is 0 Å². The van der Waals surface area contributed by atoms with Crippen LogP contribution in [0.4, 0.5) is 0 Å². The molecule has 1 unspecified atom stereocenters. The molecule has 1 saturated carbocycles. The van der Waals surface area contributed by atoms with Crippen LogP contribution in [0.2, 0.25) is 0 Å². The molecule has 1 N–H and O–H groups in total. The summed E-state index contributed by atoms with van der Waals surface area (Å²) in [6.07, 6.45) is 10.9. The van der Waals surface area contributed by atoms with Gasteiger partial charge in [0.1, 0.15) is 12.2 Å². The van der Waals surface area contributed by atoms with E-state index in [0.29, 0.717) is 11.6 Å². The second-order valence-electron chi connectivity index (χ2n) is 6.56. The van der Waals surface area contributed by atoms with Crippen molar-refractivity contribution in [3.63, 3.8) is 0 Å². The van der Waals surface area contributed by atoms with Crippen molar-refractivity contribution in [3.05, 3.63) is 12.2 Å². The Hall–Kier alpha value is -0.900. The van der Waals surface area contributed by atoms with E-state index in [0.717, 1.165) is 18.2 Å². The first-order valence-corrected chi connectivity index (χ1v) is 7.85. The van der Waals surface area contributed by atoms with Crippen molar-refractivity contribution in [2.75, 3.05) is 6.54 Å². The normalized spacial score (nSPS) is 28.6. The number of hydrogen-bond acceptors (Lipinski definition) is 3. The molecule has 2 heterocycles. The van der Waals surface area contributed by atoms with Crippen molar-refractivity contribution in [2.45, 2.75) is 70.4 Å². The molecule has 3 rings (SSSR count). The van der Waals surface area contributed by atoms with Crippen LogP contribution in [0.25, 0.3) is 0 Å². The van der Waals surface area contributed by atoms with E-state index in [1.54, 1.807) is 6.33 Å². The summed E-state index contributed by atoms with van der Waals surface area (Å²) in [7, 11) is 0. The first kappa shape index (κ1) is 13.1. The van der Waals surface area contributed by atoms with E-state index >= 15 is 0 Å². The summed E-state index contributed by atoms with van der Waals surface area (Å²) in [5.74, 6) is 2.03. The van der Waals surface area contributed by atoms with Gasteiger partial charge >= 0.3 is 0 Å². The average Bonchev–Trinajstić information content (AvgIpc) is 3.15. The Morgan fingerprint density at radius 2 is 2.21 bits per heavy atom. The summed E-state index contributed by atoms with van der Waals surface area (Å²) >= 11 is 0. The number of hydrogen-bond donors (Lipinski definition) is 1.